The minimum atomic E-state index is -0.864. The molecule has 3 unspecified atom stereocenters. The minimum absolute atomic E-state index is 0.0189. The number of benzene rings is 2. The number of fused-ring (bicyclic) bond motifs is 1. The van der Waals surface area contributed by atoms with Gasteiger partial charge in [-0.1, -0.05) is 62.4 Å². The highest BCUT2D eigenvalue weighted by molar-refractivity contribution is 5.85. The van der Waals surface area contributed by atoms with Crippen LogP contribution in [0.15, 0.2) is 48.5 Å². The summed E-state index contributed by atoms with van der Waals surface area (Å²) in [4.78, 5) is 26.5. The van der Waals surface area contributed by atoms with Crippen molar-refractivity contribution in [2.45, 2.75) is 44.6 Å². The van der Waals surface area contributed by atoms with Crippen molar-refractivity contribution in [2.75, 3.05) is 6.54 Å². The molecular weight excluding hydrogens is 338 g/mol. The van der Waals surface area contributed by atoms with Crippen LogP contribution in [0.5, 0.6) is 0 Å². The van der Waals surface area contributed by atoms with E-state index in [0.717, 1.165) is 17.5 Å². The Kier molecular flexibility index (Phi) is 4.50. The summed E-state index contributed by atoms with van der Waals surface area (Å²) >= 11 is 0. The van der Waals surface area contributed by atoms with E-state index in [1.165, 1.54) is 11.1 Å². The van der Waals surface area contributed by atoms with Crippen molar-refractivity contribution in [2.24, 2.45) is 5.92 Å². The average molecular weight is 363 g/mol. The molecule has 1 aliphatic heterocycles. The SMILES string of the molecule is CC(C)c1ccc(C2CC2C(=O)N2Cc3ccccc3C(C(=O)O)C2)cc1. The van der Waals surface area contributed by atoms with Crippen LogP contribution in [-0.4, -0.2) is 28.4 Å². The molecule has 0 radical (unpaired) electrons. The van der Waals surface area contributed by atoms with Gasteiger partial charge in [-0.25, -0.2) is 0 Å². The molecule has 4 rings (SSSR count). The van der Waals surface area contributed by atoms with Crippen molar-refractivity contribution < 1.29 is 14.7 Å². The van der Waals surface area contributed by atoms with Gasteiger partial charge < -0.3 is 10.0 Å². The Balaban J connectivity index is 1.49. The molecule has 0 saturated heterocycles. The molecule has 4 nitrogen and oxygen atoms in total. The molecule has 1 amide bonds. The molecule has 1 heterocycles. The second-order valence-corrected chi connectivity index (χ2v) is 8.08. The Morgan fingerprint density at radius 1 is 1.07 bits per heavy atom. The van der Waals surface area contributed by atoms with Gasteiger partial charge in [0, 0.05) is 19.0 Å². The number of nitrogens with zero attached hydrogens (tertiary/aromatic N) is 1. The lowest BCUT2D eigenvalue weighted by atomic mass is 9.89. The summed E-state index contributed by atoms with van der Waals surface area (Å²) in [5.74, 6) is -0.669. The van der Waals surface area contributed by atoms with E-state index in [-0.39, 0.29) is 24.3 Å². The highest BCUT2D eigenvalue weighted by Crippen LogP contribution is 2.49. The minimum Gasteiger partial charge on any atom is -0.481 e. The van der Waals surface area contributed by atoms with Gasteiger partial charge in [-0.2, -0.15) is 0 Å². The van der Waals surface area contributed by atoms with Gasteiger partial charge in [0.05, 0.1) is 5.92 Å². The van der Waals surface area contributed by atoms with Gasteiger partial charge in [-0.3, -0.25) is 9.59 Å². The molecule has 0 bridgehead atoms. The summed E-state index contributed by atoms with van der Waals surface area (Å²) in [5.41, 5.74) is 4.30. The molecule has 2 aliphatic rings. The molecule has 2 aromatic carbocycles. The monoisotopic (exact) mass is 363 g/mol. The van der Waals surface area contributed by atoms with Crippen LogP contribution in [0.3, 0.4) is 0 Å². The van der Waals surface area contributed by atoms with E-state index in [1.807, 2.05) is 24.3 Å². The molecular formula is C23H25NO3. The smallest absolute Gasteiger partial charge is 0.312 e. The zero-order valence-electron chi connectivity index (χ0n) is 15.8. The van der Waals surface area contributed by atoms with Gasteiger partial charge in [-0.05, 0) is 40.5 Å². The maximum absolute atomic E-state index is 13.0. The Hall–Kier alpha value is -2.62. The zero-order valence-corrected chi connectivity index (χ0v) is 15.8. The molecule has 27 heavy (non-hydrogen) atoms. The molecule has 1 N–H and O–H groups in total. The third-order valence-electron chi connectivity index (χ3n) is 5.94. The predicted octanol–water partition coefficient (Wildman–Crippen LogP) is 4.12. The lowest BCUT2D eigenvalue weighted by molar-refractivity contribution is -0.141. The number of carbonyl (C=O) groups excluding carboxylic acids is 1. The van der Waals surface area contributed by atoms with Crippen molar-refractivity contribution in [3.63, 3.8) is 0 Å². The molecule has 1 aliphatic carbocycles. The first-order valence-electron chi connectivity index (χ1n) is 9.65. The van der Waals surface area contributed by atoms with Crippen LogP contribution in [0.2, 0.25) is 0 Å². The molecule has 3 atom stereocenters. The molecule has 4 heteroatoms. The van der Waals surface area contributed by atoms with E-state index in [1.54, 1.807) is 4.90 Å². The Morgan fingerprint density at radius 2 is 1.78 bits per heavy atom. The van der Waals surface area contributed by atoms with Crippen LogP contribution < -0.4 is 0 Å². The fourth-order valence-corrected chi connectivity index (χ4v) is 4.18. The maximum atomic E-state index is 13.0. The van der Waals surface area contributed by atoms with Crippen LogP contribution in [0, 0.1) is 5.92 Å². The van der Waals surface area contributed by atoms with E-state index < -0.39 is 11.9 Å². The van der Waals surface area contributed by atoms with E-state index >= 15 is 0 Å². The summed E-state index contributed by atoms with van der Waals surface area (Å²) in [6.45, 7) is 5.12. The largest absolute Gasteiger partial charge is 0.481 e. The molecule has 0 aromatic heterocycles. The number of carboxylic acids is 1. The number of hydrogen-bond donors (Lipinski definition) is 1. The van der Waals surface area contributed by atoms with Gasteiger partial charge >= 0.3 is 5.97 Å². The average Bonchev–Trinajstić information content (AvgIpc) is 3.47. The van der Waals surface area contributed by atoms with Crippen molar-refractivity contribution in [3.05, 3.63) is 70.8 Å². The lowest BCUT2D eigenvalue weighted by Gasteiger charge is -2.33. The van der Waals surface area contributed by atoms with Crippen molar-refractivity contribution in [3.8, 4) is 0 Å². The number of hydrogen-bond acceptors (Lipinski definition) is 2. The van der Waals surface area contributed by atoms with E-state index in [4.69, 9.17) is 0 Å². The number of aliphatic carboxylic acids is 1. The quantitative estimate of drug-likeness (QED) is 0.889. The van der Waals surface area contributed by atoms with Crippen molar-refractivity contribution in [1.29, 1.82) is 0 Å². The molecule has 140 valence electrons. The van der Waals surface area contributed by atoms with Crippen LogP contribution in [-0.2, 0) is 16.1 Å². The van der Waals surface area contributed by atoms with Crippen LogP contribution in [0.1, 0.15) is 60.3 Å². The van der Waals surface area contributed by atoms with Crippen LogP contribution in [0.25, 0.3) is 0 Å². The first-order valence-corrected chi connectivity index (χ1v) is 9.65. The van der Waals surface area contributed by atoms with Gasteiger partial charge in [0.15, 0.2) is 0 Å². The Bertz CT molecular complexity index is 871. The summed E-state index contributed by atoms with van der Waals surface area (Å²) < 4.78 is 0. The lowest BCUT2D eigenvalue weighted by Crippen LogP contribution is -2.41. The predicted molar refractivity (Wildman–Crippen MR) is 104 cm³/mol. The molecule has 1 fully saturated rings. The van der Waals surface area contributed by atoms with Crippen LogP contribution in [0.4, 0.5) is 0 Å². The summed E-state index contributed by atoms with van der Waals surface area (Å²) in [7, 11) is 0. The molecule has 1 saturated carbocycles. The number of rotatable bonds is 4. The van der Waals surface area contributed by atoms with Gasteiger partial charge in [0.1, 0.15) is 0 Å². The van der Waals surface area contributed by atoms with Gasteiger partial charge in [-0.15, -0.1) is 0 Å². The van der Waals surface area contributed by atoms with Crippen molar-refractivity contribution in [1.82, 2.24) is 4.90 Å². The first-order chi connectivity index (χ1) is 13.0. The second kappa shape index (κ2) is 6.84. The number of carbonyl (C=O) groups is 2. The Labute approximate surface area is 159 Å². The van der Waals surface area contributed by atoms with Gasteiger partial charge in [0.25, 0.3) is 0 Å². The summed E-state index contributed by atoms with van der Waals surface area (Å²) in [6, 6.07) is 16.1. The number of carboxylic acid groups (broad SMARTS) is 1. The van der Waals surface area contributed by atoms with Crippen molar-refractivity contribution >= 4 is 11.9 Å². The third-order valence-corrected chi connectivity index (χ3v) is 5.94. The topological polar surface area (TPSA) is 57.6 Å². The Morgan fingerprint density at radius 3 is 2.44 bits per heavy atom. The third kappa shape index (κ3) is 3.36. The summed E-state index contributed by atoms with van der Waals surface area (Å²) in [6.07, 6.45) is 0.857. The highest BCUT2D eigenvalue weighted by atomic mass is 16.4. The normalized spacial score (nSPS) is 23.8. The standard InChI is InChI=1S/C23H25NO3/c1-14(2)15-7-9-16(10-8-15)19-11-20(19)22(25)24-12-17-5-3-4-6-18(17)21(13-24)23(26)27/h3-10,14,19-21H,11-13H2,1-2H3,(H,26,27). The second-order valence-electron chi connectivity index (χ2n) is 8.08. The van der Waals surface area contributed by atoms with E-state index in [9.17, 15) is 14.7 Å². The highest BCUT2D eigenvalue weighted by Gasteiger charge is 2.47. The molecule has 0 spiro atoms. The van der Waals surface area contributed by atoms with E-state index in [2.05, 4.69) is 38.1 Å². The van der Waals surface area contributed by atoms with Gasteiger partial charge in [0.2, 0.25) is 5.91 Å². The van der Waals surface area contributed by atoms with Crippen LogP contribution >= 0.6 is 0 Å². The fraction of sp³-hybridized carbons (Fsp3) is 0.391. The maximum Gasteiger partial charge on any atom is 0.312 e. The number of amides is 1. The zero-order chi connectivity index (χ0) is 19.1. The molecule has 2 aromatic rings. The fourth-order valence-electron chi connectivity index (χ4n) is 4.18. The first kappa shape index (κ1) is 17.8. The van der Waals surface area contributed by atoms with E-state index in [0.29, 0.717) is 12.5 Å². The summed E-state index contributed by atoms with van der Waals surface area (Å²) in [5, 5.41) is 9.60.